The van der Waals surface area contributed by atoms with Gasteiger partial charge in [-0.3, -0.25) is 0 Å². The molecule has 0 aliphatic heterocycles. The number of hydrogen-bond donors (Lipinski definition) is 1. The number of nitriles is 1. The molecule has 0 fully saturated rings. The van der Waals surface area contributed by atoms with E-state index in [0.29, 0.717) is 5.75 Å². The minimum absolute atomic E-state index is 0.00639. The number of hydrogen-bond acceptors (Lipinski definition) is 4. The van der Waals surface area contributed by atoms with Crippen LogP contribution in [-0.2, 0) is 0 Å². The molecule has 0 saturated carbocycles. The number of halogens is 1. The van der Waals surface area contributed by atoms with Crippen molar-refractivity contribution in [2.24, 2.45) is 0 Å². The maximum Gasteiger partial charge on any atom is 0.174 e. The Bertz CT molecular complexity index is 428. The molecule has 0 radical (unpaired) electrons. The summed E-state index contributed by atoms with van der Waals surface area (Å²) in [7, 11) is 1.60. The van der Waals surface area contributed by atoms with Crippen LogP contribution in [0.15, 0.2) is 12.1 Å². The van der Waals surface area contributed by atoms with Gasteiger partial charge in [0, 0.05) is 18.1 Å². The maximum absolute atomic E-state index is 9.21. The smallest absolute Gasteiger partial charge is 0.174 e. The van der Waals surface area contributed by atoms with Crippen molar-refractivity contribution in [3.63, 3.8) is 0 Å². The molecular weight excluding hydrogens is 333 g/mol. The van der Waals surface area contributed by atoms with Crippen molar-refractivity contribution in [3.8, 4) is 17.6 Å². The molecule has 0 bridgehead atoms. The molecule has 0 aromatic heterocycles. The van der Waals surface area contributed by atoms with E-state index in [1.807, 2.05) is 25.1 Å². The molecule has 0 spiro atoms. The van der Waals surface area contributed by atoms with Crippen molar-refractivity contribution < 1.29 is 14.6 Å². The number of nitrogens with zero attached hydrogens (tertiary/aromatic N) is 1. The second-order valence-corrected chi connectivity index (χ2v) is 4.72. The first-order chi connectivity index (χ1) is 8.13. The van der Waals surface area contributed by atoms with Gasteiger partial charge in [0.2, 0.25) is 0 Å². The highest BCUT2D eigenvalue weighted by molar-refractivity contribution is 14.1. The highest BCUT2D eigenvalue weighted by Gasteiger charge is 2.15. The number of rotatable bonds is 5. The first-order valence-corrected chi connectivity index (χ1v) is 6.20. The minimum Gasteiger partial charge on any atom is -0.496 e. The van der Waals surface area contributed by atoms with Crippen molar-refractivity contribution in [1.82, 2.24) is 0 Å². The van der Waals surface area contributed by atoms with Crippen LogP contribution in [0.25, 0.3) is 0 Å². The zero-order chi connectivity index (χ0) is 12.8. The fourth-order valence-electron chi connectivity index (χ4n) is 1.43. The second kappa shape index (κ2) is 6.67. The molecule has 0 aliphatic carbocycles. The number of methoxy groups -OCH3 is 1. The zero-order valence-electron chi connectivity index (χ0n) is 9.74. The van der Waals surface area contributed by atoms with Gasteiger partial charge in [0.1, 0.15) is 17.6 Å². The quantitative estimate of drug-likeness (QED) is 0.831. The average molecular weight is 347 g/mol. The number of aliphatic hydroxyl groups excluding tert-OH is 1. The molecule has 1 aromatic rings. The molecule has 1 aromatic carbocycles. The summed E-state index contributed by atoms with van der Waals surface area (Å²) in [5.41, 5.74) is 0.847. The molecule has 0 aliphatic rings. The Morgan fingerprint density at radius 2 is 2.18 bits per heavy atom. The molecule has 92 valence electrons. The summed E-state index contributed by atoms with van der Waals surface area (Å²) in [6.45, 7) is 1.90. The Hall–Kier alpha value is -1.00. The van der Waals surface area contributed by atoms with E-state index in [0.717, 1.165) is 14.9 Å². The molecule has 4 nitrogen and oxygen atoms in total. The third kappa shape index (κ3) is 3.48. The second-order valence-electron chi connectivity index (χ2n) is 3.55. The van der Waals surface area contributed by atoms with Gasteiger partial charge in [-0.1, -0.05) is 6.92 Å². The zero-order valence-corrected chi connectivity index (χ0v) is 11.9. The SMILES string of the molecule is COc1cc(C(C)CO)c(OCC#N)cc1I. The van der Waals surface area contributed by atoms with Crippen molar-refractivity contribution in [3.05, 3.63) is 21.3 Å². The van der Waals surface area contributed by atoms with Crippen LogP contribution < -0.4 is 9.47 Å². The Kier molecular flexibility index (Phi) is 5.51. The van der Waals surface area contributed by atoms with E-state index >= 15 is 0 Å². The molecule has 0 saturated heterocycles. The van der Waals surface area contributed by atoms with Gasteiger partial charge in [-0.2, -0.15) is 5.26 Å². The average Bonchev–Trinajstić information content (AvgIpc) is 2.35. The van der Waals surface area contributed by atoms with Gasteiger partial charge in [-0.25, -0.2) is 0 Å². The van der Waals surface area contributed by atoms with E-state index in [4.69, 9.17) is 14.7 Å². The number of aliphatic hydroxyl groups is 1. The lowest BCUT2D eigenvalue weighted by molar-refractivity contribution is 0.267. The molecule has 0 amide bonds. The van der Waals surface area contributed by atoms with Gasteiger partial charge in [0.25, 0.3) is 0 Å². The first kappa shape index (κ1) is 14.1. The van der Waals surface area contributed by atoms with Gasteiger partial charge in [0.15, 0.2) is 6.61 Å². The summed E-state index contributed by atoms with van der Waals surface area (Å²) in [6, 6.07) is 5.59. The monoisotopic (exact) mass is 347 g/mol. The van der Waals surface area contributed by atoms with Crippen LogP contribution in [0, 0.1) is 14.9 Å². The van der Waals surface area contributed by atoms with Gasteiger partial charge in [-0.15, -0.1) is 0 Å². The van der Waals surface area contributed by atoms with Gasteiger partial charge in [-0.05, 0) is 34.7 Å². The number of ether oxygens (including phenoxy) is 2. The fourth-order valence-corrected chi connectivity index (χ4v) is 2.08. The summed E-state index contributed by atoms with van der Waals surface area (Å²) in [5.74, 6) is 1.30. The molecule has 1 unspecified atom stereocenters. The Morgan fingerprint density at radius 1 is 1.47 bits per heavy atom. The molecular formula is C12H14INO3. The standard InChI is InChI=1S/C12H14INO3/c1-8(7-15)9-5-12(16-2)10(13)6-11(9)17-4-3-14/h5-6,8,15H,4,7H2,1-2H3. The van der Waals surface area contributed by atoms with Crippen LogP contribution in [0.5, 0.6) is 11.5 Å². The van der Waals surface area contributed by atoms with Gasteiger partial charge < -0.3 is 14.6 Å². The lowest BCUT2D eigenvalue weighted by Crippen LogP contribution is -2.05. The Morgan fingerprint density at radius 3 is 2.71 bits per heavy atom. The molecule has 1 N–H and O–H groups in total. The van der Waals surface area contributed by atoms with Crippen molar-refractivity contribution in [1.29, 1.82) is 5.26 Å². The minimum atomic E-state index is -0.0606. The van der Waals surface area contributed by atoms with Gasteiger partial charge >= 0.3 is 0 Å². The van der Waals surface area contributed by atoms with Crippen LogP contribution in [-0.4, -0.2) is 25.4 Å². The highest BCUT2D eigenvalue weighted by atomic mass is 127. The number of benzene rings is 1. The third-order valence-corrected chi connectivity index (χ3v) is 3.22. The van der Waals surface area contributed by atoms with E-state index in [1.165, 1.54) is 0 Å². The fraction of sp³-hybridized carbons (Fsp3) is 0.417. The van der Waals surface area contributed by atoms with Crippen LogP contribution >= 0.6 is 22.6 Å². The molecule has 5 heteroatoms. The van der Waals surface area contributed by atoms with Crippen molar-refractivity contribution in [2.75, 3.05) is 20.3 Å². The van der Waals surface area contributed by atoms with E-state index in [-0.39, 0.29) is 19.1 Å². The Labute approximate surface area is 114 Å². The third-order valence-electron chi connectivity index (χ3n) is 2.38. The van der Waals surface area contributed by atoms with E-state index in [9.17, 15) is 5.11 Å². The molecule has 1 atom stereocenters. The largest absolute Gasteiger partial charge is 0.496 e. The maximum atomic E-state index is 9.21. The van der Waals surface area contributed by atoms with Gasteiger partial charge in [0.05, 0.1) is 10.7 Å². The summed E-state index contributed by atoms with van der Waals surface area (Å²) < 4.78 is 11.5. The molecule has 1 rings (SSSR count). The lowest BCUT2D eigenvalue weighted by Gasteiger charge is -2.16. The van der Waals surface area contributed by atoms with Crippen LogP contribution in [0.4, 0.5) is 0 Å². The lowest BCUT2D eigenvalue weighted by atomic mass is 10.0. The summed E-state index contributed by atoms with van der Waals surface area (Å²) in [4.78, 5) is 0. The van der Waals surface area contributed by atoms with Crippen LogP contribution in [0.1, 0.15) is 18.4 Å². The Balaban J connectivity index is 3.16. The van der Waals surface area contributed by atoms with E-state index < -0.39 is 0 Å². The van der Waals surface area contributed by atoms with Crippen LogP contribution in [0.3, 0.4) is 0 Å². The highest BCUT2D eigenvalue weighted by Crippen LogP contribution is 2.34. The van der Waals surface area contributed by atoms with E-state index in [1.54, 1.807) is 7.11 Å². The molecule has 17 heavy (non-hydrogen) atoms. The summed E-state index contributed by atoms with van der Waals surface area (Å²) in [5, 5.41) is 17.7. The van der Waals surface area contributed by atoms with Crippen LogP contribution in [0.2, 0.25) is 0 Å². The topological polar surface area (TPSA) is 62.5 Å². The summed E-state index contributed by atoms with van der Waals surface area (Å²) >= 11 is 2.14. The van der Waals surface area contributed by atoms with E-state index in [2.05, 4.69) is 22.6 Å². The summed E-state index contributed by atoms with van der Waals surface area (Å²) in [6.07, 6.45) is 0. The van der Waals surface area contributed by atoms with Crippen molar-refractivity contribution >= 4 is 22.6 Å². The predicted octanol–water partition coefficient (Wildman–Crippen LogP) is 2.30. The van der Waals surface area contributed by atoms with Crippen molar-refractivity contribution in [2.45, 2.75) is 12.8 Å². The normalized spacial score (nSPS) is 11.7. The molecule has 0 heterocycles. The first-order valence-electron chi connectivity index (χ1n) is 5.12. The predicted molar refractivity (Wildman–Crippen MR) is 72.3 cm³/mol.